The molecule has 0 spiro atoms. The van der Waals surface area contributed by atoms with Gasteiger partial charge in [-0.2, -0.15) is 0 Å². The predicted octanol–water partition coefficient (Wildman–Crippen LogP) is 5.63. The van der Waals surface area contributed by atoms with Crippen molar-refractivity contribution in [3.8, 4) is 5.75 Å². The first-order chi connectivity index (χ1) is 16.0. The number of carbonyl (C=O) groups is 2. The van der Waals surface area contributed by atoms with Crippen molar-refractivity contribution in [2.75, 3.05) is 33.5 Å². The number of Topliss-reactive ketones (excluding diaryl/α,β-unsaturated/α-hetero) is 1. The van der Waals surface area contributed by atoms with Gasteiger partial charge in [0, 0.05) is 28.7 Å². The second-order valence-corrected chi connectivity index (χ2v) is 8.98. The van der Waals surface area contributed by atoms with E-state index < -0.39 is 0 Å². The van der Waals surface area contributed by atoms with Crippen LogP contribution in [0.4, 0.5) is 0 Å². The van der Waals surface area contributed by atoms with Gasteiger partial charge in [-0.05, 0) is 56.1 Å². The molecule has 0 saturated heterocycles. The molecule has 0 amide bonds. The van der Waals surface area contributed by atoms with Crippen molar-refractivity contribution in [3.05, 3.63) is 95.6 Å². The van der Waals surface area contributed by atoms with E-state index in [9.17, 15) is 9.59 Å². The van der Waals surface area contributed by atoms with Crippen LogP contribution >= 0.6 is 24.2 Å². The molecule has 34 heavy (non-hydrogen) atoms. The van der Waals surface area contributed by atoms with Gasteiger partial charge in [-0.1, -0.05) is 42.5 Å². The second kappa shape index (κ2) is 13.8. The number of carbonyl (C=O) groups excluding carboxylic acids is 2. The lowest BCUT2D eigenvalue weighted by Gasteiger charge is -2.20. The highest BCUT2D eigenvalue weighted by Gasteiger charge is 2.22. The summed E-state index contributed by atoms with van der Waals surface area (Å²) in [6.07, 6.45) is 0. The lowest BCUT2D eigenvalue weighted by molar-refractivity contribution is 0.0596. The highest BCUT2D eigenvalue weighted by Crippen LogP contribution is 2.27. The lowest BCUT2D eigenvalue weighted by atomic mass is 9.99. The Morgan fingerprint density at radius 1 is 0.912 bits per heavy atom. The molecule has 3 aromatic rings. The normalized spacial score (nSPS) is 11.4. The fourth-order valence-electron chi connectivity index (χ4n) is 3.41. The highest BCUT2D eigenvalue weighted by molar-refractivity contribution is 7.99. The first kappa shape index (κ1) is 27.4. The molecule has 5 nitrogen and oxygen atoms in total. The molecule has 3 aromatic carbocycles. The van der Waals surface area contributed by atoms with Crippen molar-refractivity contribution < 1.29 is 19.1 Å². The molecule has 0 radical (unpaired) electrons. The Kier molecular flexibility index (Phi) is 11.1. The van der Waals surface area contributed by atoms with E-state index >= 15 is 0 Å². The van der Waals surface area contributed by atoms with Crippen molar-refractivity contribution in [2.24, 2.45) is 5.92 Å². The van der Waals surface area contributed by atoms with E-state index in [-0.39, 0.29) is 30.1 Å². The summed E-state index contributed by atoms with van der Waals surface area (Å²) >= 11 is 1.50. The van der Waals surface area contributed by atoms with E-state index in [1.807, 2.05) is 85.7 Å². The van der Waals surface area contributed by atoms with Gasteiger partial charge in [0.25, 0.3) is 0 Å². The van der Waals surface area contributed by atoms with Crippen LogP contribution < -0.4 is 4.74 Å². The molecule has 3 rings (SSSR count). The third-order valence-electron chi connectivity index (χ3n) is 5.08. The number of ether oxygens (including phenoxy) is 2. The predicted molar refractivity (Wildman–Crippen MR) is 139 cm³/mol. The number of benzene rings is 3. The first-order valence-corrected chi connectivity index (χ1v) is 11.7. The van der Waals surface area contributed by atoms with Crippen molar-refractivity contribution >= 4 is 35.9 Å². The van der Waals surface area contributed by atoms with E-state index in [1.54, 1.807) is 12.1 Å². The van der Waals surface area contributed by atoms with E-state index in [0.717, 1.165) is 16.2 Å². The molecule has 0 aromatic heterocycles. The van der Waals surface area contributed by atoms with Gasteiger partial charge in [0.15, 0.2) is 5.78 Å². The Morgan fingerprint density at radius 2 is 1.56 bits per heavy atom. The van der Waals surface area contributed by atoms with Gasteiger partial charge < -0.3 is 14.4 Å². The Balaban J connectivity index is 0.00000408. The van der Waals surface area contributed by atoms with E-state index in [4.69, 9.17) is 9.47 Å². The summed E-state index contributed by atoms with van der Waals surface area (Å²) in [5.41, 5.74) is 2.25. The molecule has 0 N–H and O–H groups in total. The number of hydrogen-bond acceptors (Lipinski definition) is 6. The van der Waals surface area contributed by atoms with Crippen LogP contribution in [0.1, 0.15) is 26.3 Å². The topological polar surface area (TPSA) is 55.8 Å². The average Bonchev–Trinajstić information content (AvgIpc) is 2.85. The zero-order chi connectivity index (χ0) is 23.6. The molecule has 0 fully saturated rings. The quantitative estimate of drug-likeness (QED) is 0.194. The maximum atomic E-state index is 13.3. The van der Waals surface area contributed by atoms with E-state index in [2.05, 4.69) is 0 Å². The summed E-state index contributed by atoms with van der Waals surface area (Å²) < 4.78 is 10.7. The van der Waals surface area contributed by atoms with Crippen LogP contribution in [-0.4, -0.2) is 50.2 Å². The molecule has 180 valence electrons. The van der Waals surface area contributed by atoms with Crippen molar-refractivity contribution in [2.45, 2.75) is 11.5 Å². The largest absolute Gasteiger partial charge is 0.489 e. The summed E-state index contributed by atoms with van der Waals surface area (Å²) in [6.45, 7) is 1.09. The smallest absolute Gasteiger partial charge is 0.338 e. The summed E-state index contributed by atoms with van der Waals surface area (Å²) in [5.74, 6) is 0.742. The third kappa shape index (κ3) is 7.90. The van der Waals surface area contributed by atoms with Gasteiger partial charge in [0.1, 0.15) is 12.4 Å². The number of halogens is 1. The Labute approximate surface area is 211 Å². The minimum absolute atomic E-state index is 0. The molecule has 0 aliphatic carbocycles. The molecule has 1 atom stereocenters. The number of hydrogen-bond donors (Lipinski definition) is 0. The number of rotatable bonds is 11. The molecule has 0 aliphatic heterocycles. The molecule has 0 aliphatic rings. The van der Waals surface area contributed by atoms with Crippen LogP contribution in [-0.2, 0) is 11.3 Å². The maximum absolute atomic E-state index is 13.3. The summed E-state index contributed by atoms with van der Waals surface area (Å²) in [6, 6.07) is 24.6. The minimum atomic E-state index is -0.375. The summed E-state index contributed by atoms with van der Waals surface area (Å²) in [5, 5.41) is 0. The van der Waals surface area contributed by atoms with Crippen LogP contribution in [0.3, 0.4) is 0 Å². The van der Waals surface area contributed by atoms with Crippen molar-refractivity contribution in [1.29, 1.82) is 0 Å². The van der Waals surface area contributed by atoms with Gasteiger partial charge in [0.05, 0.1) is 12.7 Å². The Hall–Kier alpha value is -2.80. The Morgan fingerprint density at radius 3 is 2.21 bits per heavy atom. The SMILES string of the molecule is COC(=O)c1ccccc1SCC(CN(C)C)C(=O)c1ccc(OCc2ccccc2)cc1.Cl. The lowest BCUT2D eigenvalue weighted by Crippen LogP contribution is -2.30. The Bertz CT molecular complexity index is 1060. The monoisotopic (exact) mass is 499 g/mol. The molecule has 1 unspecified atom stereocenters. The number of esters is 1. The maximum Gasteiger partial charge on any atom is 0.338 e. The number of nitrogens with zero attached hydrogens (tertiary/aromatic N) is 1. The van der Waals surface area contributed by atoms with Gasteiger partial charge in [-0.15, -0.1) is 24.2 Å². The standard InChI is InChI=1S/C27H29NO4S.ClH/c1-28(2)17-22(19-33-25-12-8-7-11-24(25)27(30)31-3)26(29)21-13-15-23(16-14-21)32-18-20-9-5-4-6-10-20;/h4-16,22H,17-19H2,1-3H3;1H. The molecule has 0 saturated carbocycles. The van der Waals surface area contributed by atoms with Crippen molar-refractivity contribution in [3.63, 3.8) is 0 Å². The molecule has 0 heterocycles. The summed E-state index contributed by atoms with van der Waals surface area (Å²) in [7, 11) is 5.27. The van der Waals surface area contributed by atoms with Crippen molar-refractivity contribution in [1.82, 2.24) is 4.90 Å². The van der Waals surface area contributed by atoms with Crippen LogP contribution in [0.15, 0.2) is 83.8 Å². The fourth-order valence-corrected chi connectivity index (χ4v) is 4.52. The van der Waals surface area contributed by atoms with E-state index in [1.165, 1.54) is 18.9 Å². The summed E-state index contributed by atoms with van der Waals surface area (Å²) in [4.78, 5) is 28.2. The van der Waals surface area contributed by atoms with Gasteiger partial charge in [-0.3, -0.25) is 4.79 Å². The first-order valence-electron chi connectivity index (χ1n) is 10.7. The highest BCUT2D eigenvalue weighted by atomic mass is 35.5. The van der Waals surface area contributed by atoms with Crippen LogP contribution in [0, 0.1) is 5.92 Å². The van der Waals surface area contributed by atoms with Crippen LogP contribution in [0.5, 0.6) is 5.75 Å². The van der Waals surface area contributed by atoms with Crippen LogP contribution in [0.25, 0.3) is 0 Å². The second-order valence-electron chi connectivity index (χ2n) is 7.92. The van der Waals surface area contributed by atoms with E-state index in [0.29, 0.717) is 30.0 Å². The fraction of sp³-hybridized carbons (Fsp3) is 0.259. The molecular weight excluding hydrogens is 470 g/mol. The molecule has 7 heteroatoms. The zero-order valence-electron chi connectivity index (χ0n) is 19.6. The number of thioether (sulfide) groups is 1. The third-order valence-corrected chi connectivity index (χ3v) is 6.31. The zero-order valence-corrected chi connectivity index (χ0v) is 21.2. The van der Waals surface area contributed by atoms with Crippen LogP contribution in [0.2, 0.25) is 0 Å². The number of ketones is 1. The number of methoxy groups -OCH3 is 1. The van der Waals surface area contributed by atoms with Gasteiger partial charge in [-0.25, -0.2) is 4.79 Å². The molecular formula is C27H30ClNO4S. The minimum Gasteiger partial charge on any atom is -0.489 e. The van der Waals surface area contributed by atoms with Gasteiger partial charge in [0.2, 0.25) is 0 Å². The molecule has 0 bridgehead atoms. The van der Waals surface area contributed by atoms with Gasteiger partial charge >= 0.3 is 5.97 Å². The average molecular weight is 500 g/mol.